The molecule has 1 aromatic rings. The molecule has 0 aromatic heterocycles. The monoisotopic (exact) mass is 237 g/mol. The smallest absolute Gasteiger partial charge is 0.221 e. The summed E-state index contributed by atoms with van der Waals surface area (Å²) in [5.41, 5.74) is 7.13. The Hall–Kier alpha value is -1.62. The minimum Gasteiger partial charge on any atom is -0.398 e. The van der Waals surface area contributed by atoms with E-state index in [0.29, 0.717) is 31.7 Å². The Balaban J connectivity index is 2.02. The summed E-state index contributed by atoms with van der Waals surface area (Å²) in [5, 5.41) is 2.81. The number of rotatable bonds is 2. The van der Waals surface area contributed by atoms with Crippen LogP contribution in [0.4, 0.5) is 10.1 Å². The Kier molecular flexibility index (Phi) is 3.58. The molecule has 0 saturated carbocycles. The number of carbonyl (C=O) groups is 1. The Bertz CT molecular complexity index is 422. The minimum absolute atomic E-state index is 0.0829. The molecule has 1 aromatic carbocycles. The van der Waals surface area contributed by atoms with Gasteiger partial charge in [0.2, 0.25) is 5.91 Å². The number of nitrogens with zero attached hydrogens (tertiary/aromatic N) is 1. The van der Waals surface area contributed by atoms with Crippen LogP contribution in [-0.2, 0) is 11.3 Å². The van der Waals surface area contributed by atoms with Gasteiger partial charge < -0.3 is 11.1 Å². The molecule has 1 saturated heterocycles. The number of nitrogen functional groups attached to an aromatic ring is 1. The molecule has 3 N–H and O–H groups in total. The van der Waals surface area contributed by atoms with Crippen molar-refractivity contribution in [2.45, 2.75) is 13.0 Å². The van der Waals surface area contributed by atoms with Crippen LogP contribution in [0.1, 0.15) is 12.0 Å². The third-order valence-electron chi connectivity index (χ3n) is 2.91. The van der Waals surface area contributed by atoms with E-state index in [0.717, 1.165) is 12.1 Å². The van der Waals surface area contributed by atoms with Crippen LogP contribution in [0.15, 0.2) is 18.2 Å². The number of benzene rings is 1. The number of carbonyl (C=O) groups excluding carboxylic acids is 1. The van der Waals surface area contributed by atoms with E-state index in [1.165, 1.54) is 12.1 Å². The molecule has 1 fully saturated rings. The fourth-order valence-corrected chi connectivity index (χ4v) is 1.92. The van der Waals surface area contributed by atoms with E-state index in [9.17, 15) is 9.18 Å². The summed E-state index contributed by atoms with van der Waals surface area (Å²) in [4.78, 5) is 13.3. The maximum atomic E-state index is 12.9. The van der Waals surface area contributed by atoms with Crippen LogP contribution in [-0.4, -0.2) is 30.4 Å². The lowest BCUT2D eigenvalue weighted by Crippen LogP contribution is -2.28. The van der Waals surface area contributed by atoms with Crippen LogP contribution >= 0.6 is 0 Å². The topological polar surface area (TPSA) is 58.4 Å². The highest BCUT2D eigenvalue weighted by Crippen LogP contribution is 2.16. The van der Waals surface area contributed by atoms with Gasteiger partial charge >= 0.3 is 0 Å². The normalized spacial score (nSPS) is 17.6. The number of amides is 1. The Morgan fingerprint density at radius 1 is 1.41 bits per heavy atom. The lowest BCUT2D eigenvalue weighted by Gasteiger charge is -2.19. The Morgan fingerprint density at radius 2 is 2.24 bits per heavy atom. The molecule has 0 bridgehead atoms. The minimum atomic E-state index is -0.320. The lowest BCUT2D eigenvalue weighted by atomic mass is 10.1. The predicted octanol–water partition coefficient (Wildman–Crippen LogP) is 0.730. The summed E-state index contributed by atoms with van der Waals surface area (Å²) in [6.45, 7) is 2.81. The van der Waals surface area contributed by atoms with Gasteiger partial charge in [-0.2, -0.15) is 0 Å². The van der Waals surface area contributed by atoms with Crippen molar-refractivity contribution < 1.29 is 9.18 Å². The molecule has 4 nitrogen and oxygen atoms in total. The summed E-state index contributed by atoms with van der Waals surface area (Å²) < 4.78 is 12.9. The highest BCUT2D eigenvalue weighted by atomic mass is 19.1. The van der Waals surface area contributed by atoms with Gasteiger partial charge in [-0.3, -0.25) is 9.69 Å². The highest BCUT2D eigenvalue weighted by molar-refractivity contribution is 5.76. The van der Waals surface area contributed by atoms with E-state index in [1.807, 2.05) is 0 Å². The van der Waals surface area contributed by atoms with Crippen molar-refractivity contribution in [2.75, 3.05) is 25.4 Å². The summed E-state index contributed by atoms with van der Waals surface area (Å²) in [6, 6.07) is 4.44. The van der Waals surface area contributed by atoms with E-state index < -0.39 is 0 Å². The fraction of sp³-hybridized carbons (Fsp3) is 0.417. The van der Waals surface area contributed by atoms with E-state index in [4.69, 9.17) is 5.73 Å². The molecule has 1 aliphatic heterocycles. The predicted molar refractivity (Wildman–Crippen MR) is 63.7 cm³/mol. The zero-order valence-electron chi connectivity index (χ0n) is 9.58. The van der Waals surface area contributed by atoms with Gasteiger partial charge in [-0.25, -0.2) is 4.39 Å². The van der Waals surface area contributed by atoms with Crippen molar-refractivity contribution >= 4 is 11.6 Å². The van der Waals surface area contributed by atoms with Crippen molar-refractivity contribution in [3.8, 4) is 0 Å². The maximum Gasteiger partial charge on any atom is 0.221 e. The molecule has 2 rings (SSSR count). The van der Waals surface area contributed by atoms with Crippen LogP contribution in [0.5, 0.6) is 0 Å². The second-order valence-corrected chi connectivity index (χ2v) is 4.22. The van der Waals surface area contributed by atoms with Crippen molar-refractivity contribution in [1.82, 2.24) is 10.2 Å². The summed E-state index contributed by atoms with van der Waals surface area (Å²) >= 11 is 0. The van der Waals surface area contributed by atoms with Gasteiger partial charge in [0.25, 0.3) is 0 Å². The number of nitrogens with one attached hydrogen (secondary N) is 1. The van der Waals surface area contributed by atoms with Crippen LogP contribution in [0.2, 0.25) is 0 Å². The zero-order valence-corrected chi connectivity index (χ0v) is 9.58. The van der Waals surface area contributed by atoms with Gasteiger partial charge in [-0.1, -0.05) is 6.07 Å². The number of halogens is 1. The van der Waals surface area contributed by atoms with Crippen molar-refractivity contribution in [3.63, 3.8) is 0 Å². The molecule has 0 spiro atoms. The largest absolute Gasteiger partial charge is 0.398 e. The summed E-state index contributed by atoms with van der Waals surface area (Å²) in [7, 11) is 0. The first-order valence-electron chi connectivity index (χ1n) is 5.68. The molecular weight excluding hydrogens is 221 g/mol. The molecule has 0 atom stereocenters. The fourth-order valence-electron chi connectivity index (χ4n) is 1.92. The number of nitrogens with two attached hydrogens (primary N) is 1. The molecule has 0 unspecified atom stereocenters. The van der Waals surface area contributed by atoms with Gasteiger partial charge in [-0.15, -0.1) is 0 Å². The highest BCUT2D eigenvalue weighted by Gasteiger charge is 2.14. The second kappa shape index (κ2) is 5.14. The van der Waals surface area contributed by atoms with Crippen LogP contribution in [0.25, 0.3) is 0 Å². The standard InChI is InChI=1S/C12H16FN3O/c13-10-2-1-9(11(14)7-10)8-16-5-3-12(17)15-4-6-16/h1-2,7H,3-6,8,14H2,(H,15,17). The molecule has 0 radical (unpaired) electrons. The average molecular weight is 237 g/mol. The van der Waals surface area contributed by atoms with Gasteiger partial charge in [0.15, 0.2) is 0 Å². The van der Waals surface area contributed by atoms with E-state index in [2.05, 4.69) is 10.2 Å². The summed E-state index contributed by atoms with van der Waals surface area (Å²) in [5.74, 6) is -0.237. The second-order valence-electron chi connectivity index (χ2n) is 4.22. The molecule has 1 amide bonds. The van der Waals surface area contributed by atoms with E-state index in [1.54, 1.807) is 6.07 Å². The van der Waals surface area contributed by atoms with Crippen molar-refractivity contribution in [1.29, 1.82) is 0 Å². The third kappa shape index (κ3) is 3.17. The van der Waals surface area contributed by atoms with Gasteiger partial charge in [0.05, 0.1) is 0 Å². The van der Waals surface area contributed by atoms with E-state index >= 15 is 0 Å². The summed E-state index contributed by atoms with van der Waals surface area (Å²) in [6.07, 6.45) is 0.501. The molecular formula is C12H16FN3O. The molecule has 5 heteroatoms. The number of hydrogen-bond acceptors (Lipinski definition) is 3. The molecule has 17 heavy (non-hydrogen) atoms. The molecule has 0 aliphatic carbocycles. The van der Waals surface area contributed by atoms with Crippen LogP contribution < -0.4 is 11.1 Å². The first-order valence-corrected chi connectivity index (χ1v) is 5.68. The molecule has 1 heterocycles. The van der Waals surface area contributed by atoms with Gasteiger partial charge in [0, 0.05) is 38.3 Å². The number of anilines is 1. The van der Waals surface area contributed by atoms with Crippen LogP contribution in [0.3, 0.4) is 0 Å². The number of hydrogen-bond donors (Lipinski definition) is 2. The first-order chi connectivity index (χ1) is 8.15. The maximum absolute atomic E-state index is 12.9. The molecule has 1 aliphatic rings. The van der Waals surface area contributed by atoms with Gasteiger partial charge in [0.1, 0.15) is 5.82 Å². The van der Waals surface area contributed by atoms with Crippen molar-refractivity contribution in [2.24, 2.45) is 0 Å². The van der Waals surface area contributed by atoms with Crippen LogP contribution in [0, 0.1) is 5.82 Å². The Labute approximate surface area is 99.6 Å². The Morgan fingerprint density at radius 3 is 3.00 bits per heavy atom. The van der Waals surface area contributed by atoms with Crippen molar-refractivity contribution in [3.05, 3.63) is 29.6 Å². The first kappa shape index (κ1) is 11.9. The molecule has 92 valence electrons. The third-order valence-corrected chi connectivity index (χ3v) is 2.91. The lowest BCUT2D eigenvalue weighted by molar-refractivity contribution is -0.120. The quantitative estimate of drug-likeness (QED) is 0.745. The zero-order chi connectivity index (χ0) is 12.3. The SMILES string of the molecule is Nc1cc(F)ccc1CN1CCNC(=O)CC1. The average Bonchev–Trinajstić information content (AvgIpc) is 2.48. The van der Waals surface area contributed by atoms with E-state index in [-0.39, 0.29) is 11.7 Å². The van der Waals surface area contributed by atoms with Gasteiger partial charge in [-0.05, 0) is 17.7 Å².